The number of benzene rings is 1. The van der Waals surface area contributed by atoms with Crippen LogP contribution in [0.5, 0.6) is 0 Å². The standard InChI is InChI=1S/C15H19ClO3/c1-11(12-4-6-13(16)7-5-12)14-10-17-15(19-18-14)8-2-3-9-15/h4-7,11,14H,2-3,8-10H2,1H3. The maximum Gasteiger partial charge on any atom is 0.201 e. The average Bonchev–Trinajstić information content (AvgIpc) is 2.88. The zero-order valence-corrected chi connectivity index (χ0v) is 11.9. The maximum atomic E-state index is 5.93. The van der Waals surface area contributed by atoms with Gasteiger partial charge in [0.2, 0.25) is 5.79 Å². The van der Waals surface area contributed by atoms with Gasteiger partial charge in [0.25, 0.3) is 0 Å². The van der Waals surface area contributed by atoms with Crippen LogP contribution in [-0.4, -0.2) is 18.5 Å². The maximum absolute atomic E-state index is 5.93. The molecule has 2 atom stereocenters. The molecule has 1 spiro atoms. The summed E-state index contributed by atoms with van der Waals surface area (Å²) in [7, 11) is 0. The highest BCUT2D eigenvalue weighted by Crippen LogP contribution is 2.39. The third-order valence-electron chi connectivity index (χ3n) is 4.15. The molecule has 2 fully saturated rings. The molecule has 0 N–H and O–H groups in total. The van der Waals surface area contributed by atoms with Crippen LogP contribution in [0.3, 0.4) is 0 Å². The van der Waals surface area contributed by atoms with E-state index in [9.17, 15) is 0 Å². The van der Waals surface area contributed by atoms with Crippen molar-refractivity contribution < 1.29 is 14.5 Å². The van der Waals surface area contributed by atoms with Gasteiger partial charge in [0.05, 0.1) is 6.61 Å². The molecule has 1 aromatic carbocycles. The number of halogens is 1. The lowest BCUT2D eigenvalue weighted by atomic mass is 9.95. The summed E-state index contributed by atoms with van der Waals surface area (Å²) in [6.07, 6.45) is 4.12. The van der Waals surface area contributed by atoms with E-state index in [4.69, 9.17) is 26.1 Å². The number of hydrogen-bond donors (Lipinski definition) is 0. The van der Waals surface area contributed by atoms with E-state index in [1.807, 2.05) is 24.3 Å². The molecule has 0 bridgehead atoms. The molecule has 1 saturated carbocycles. The lowest BCUT2D eigenvalue weighted by Crippen LogP contribution is -2.44. The van der Waals surface area contributed by atoms with Crippen LogP contribution < -0.4 is 0 Å². The van der Waals surface area contributed by atoms with E-state index < -0.39 is 5.79 Å². The Hall–Kier alpha value is -0.610. The van der Waals surface area contributed by atoms with Gasteiger partial charge in [-0.1, -0.05) is 30.7 Å². The minimum Gasteiger partial charge on any atom is -0.344 e. The van der Waals surface area contributed by atoms with Crippen molar-refractivity contribution in [3.05, 3.63) is 34.9 Å². The second-order valence-electron chi connectivity index (χ2n) is 5.49. The summed E-state index contributed by atoms with van der Waals surface area (Å²) in [6, 6.07) is 7.85. The molecule has 0 amide bonds. The quantitative estimate of drug-likeness (QED) is 0.766. The first kappa shape index (κ1) is 13.4. The van der Waals surface area contributed by atoms with E-state index in [-0.39, 0.29) is 12.0 Å². The Morgan fingerprint density at radius 3 is 2.47 bits per heavy atom. The molecule has 19 heavy (non-hydrogen) atoms. The predicted octanol–water partition coefficient (Wildman–Crippen LogP) is 4.06. The van der Waals surface area contributed by atoms with Gasteiger partial charge in [0, 0.05) is 23.8 Å². The fourth-order valence-electron chi connectivity index (χ4n) is 2.79. The van der Waals surface area contributed by atoms with Crippen molar-refractivity contribution in [2.24, 2.45) is 0 Å². The normalized spacial score (nSPS) is 27.6. The molecule has 2 aliphatic rings. The van der Waals surface area contributed by atoms with Crippen molar-refractivity contribution in [2.45, 2.75) is 50.4 Å². The molecule has 0 radical (unpaired) electrons. The van der Waals surface area contributed by atoms with Crippen LogP contribution in [0.15, 0.2) is 24.3 Å². The predicted molar refractivity (Wildman–Crippen MR) is 73.0 cm³/mol. The van der Waals surface area contributed by atoms with Crippen molar-refractivity contribution in [3.8, 4) is 0 Å². The Morgan fingerprint density at radius 2 is 1.89 bits per heavy atom. The Kier molecular flexibility index (Phi) is 3.81. The molecule has 1 heterocycles. The minimum absolute atomic E-state index is 0.0626. The minimum atomic E-state index is -0.462. The summed E-state index contributed by atoms with van der Waals surface area (Å²) in [4.78, 5) is 11.2. The van der Waals surface area contributed by atoms with E-state index in [0.717, 1.165) is 30.7 Å². The highest BCUT2D eigenvalue weighted by atomic mass is 35.5. The van der Waals surface area contributed by atoms with Gasteiger partial charge >= 0.3 is 0 Å². The summed E-state index contributed by atoms with van der Waals surface area (Å²) in [6.45, 7) is 2.71. The van der Waals surface area contributed by atoms with E-state index in [0.29, 0.717) is 6.61 Å². The van der Waals surface area contributed by atoms with E-state index in [1.165, 1.54) is 5.56 Å². The van der Waals surface area contributed by atoms with Crippen LogP contribution >= 0.6 is 11.6 Å². The van der Waals surface area contributed by atoms with Gasteiger partial charge < -0.3 is 4.74 Å². The van der Waals surface area contributed by atoms with E-state index in [2.05, 4.69) is 6.92 Å². The largest absolute Gasteiger partial charge is 0.344 e. The Bertz CT molecular complexity index is 416. The summed E-state index contributed by atoms with van der Waals surface area (Å²) >= 11 is 5.90. The molecule has 4 heteroatoms. The van der Waals surface area contributed by atoms with Crippen LogP contribution in [-0.2, 0) is 14.5 Å². The van der Waals surface area contributed by atoms with Crippen molar-refractivity contribution in [2.75, 3.05) is 6.61 Å². The Balaban J connectivity index is 1.63. The number of ether oxygens (including phenoxy) is 1. The van der Waals surface area contributed by atoms with Crippen LogP contribution in [0.2, 0.25) is 5.02 Å². The zero-order chi connectivity index (χ0) is 13.3. The molecular formula is C15H19ClO3. The van der Waals surface area contributed by atoms with Crippen molar-refractivity contribution >= 4 is 11.6 Å². The van der Waals surface area contributed by atoms with Crippen molar-refractivity contribution in [3.63, 3.8) is 0 Å². The van der Waals surface area contributed by atoms with Gasteiger partial charge in [-0.2, -0.15) is 0 Å². The SMILES string of the molecule is CC(c1ccc(Cl)cc1)C1COC2(CCCC2)OO1. The lowest BCUT2D eigenvalue weighted by molar-refractivity contribution is -0.486. The van der Waals surface area contributed by atoms with Gasteiger partial charge in [-0.25, -0.2) is 9.78 Å². The van der Waals surface area contributed by atoms with Crippen LogP contribution in [0.1, 0.15) is 44.1 Å². The second-order valence-corrected chi connectivity index (χ2v) is 5.92. The molecule has 2 unspecified atom stereocenters. The van der Waals surface area contributed by atoms with Crippen LogP contribution in [0.4, 0.5) is 0 Å². The van der Waals surface area contributed by atoms with Crippen molar-refractivity contribution in [1.29, 1.82) is 0 Å². The summed E-state index contributed by atoms with van der Waals surface area (Å²) < 4.78 is 5.93. The molecule has 1 aromatic rings. The van der Waals surface area contributed by atoms with Crippen molar-refractivity contribution in [1.82, 2.24) is 0 Å². The first-order valence-electron chi connectivity index (χ1n) is 6.92. The molecule has 104 valence electrons. The zero-order valence-electron chi connectivity index (χ0n) is 11.1. The van der Waals surface area contributed by atoms with E-state index in [1.54, 1.807) is 0 Å². The highest BCUT2D eigenvalue weighted by molar-refractivity contribution is 6.30. The first-order valence-corrected chi connectivity index (χ1v) is 7.30. The summed E-state index contributed by atoms with van der Waals surface area (Å²) in [5.74, 6) is -0.244. The third kappa shape index (κ3) is 2.79. The van der Waals surface area contributed by atoms with Crippen LogP contribution in [0, 0.1) is 0 Å². The topological polar surface area (TPSA) is 27.7 Å². The lowest BCUT2D eigenvalue weighted by Gasteiger charge is -2.37. The Morgan fingerprint density at radius 1 is 1.21 bits per heavy atom. The molecule has 0 aromatic heterocycles. The molecule has 1 aliphatic heterocycles. The third-order valence-corrected chi connectivity index (χ3v) is 4.41. The number of hydrogen-bond acceptors (Lipinski definition) is 3. The van der Waals surface area contributed by atoms with Gasteiger partial charge in [-0.05, 0) is 30.5 Å². The van der Waals surface area contributed by atoms with Gasteiger partial charge in [-0.15, -0.1) is 0 Å². The summed E-state index contributed by atoms with van der Waals surface area (Å²) in [5, 5.41) is 0.748. The monoisotopic (exact) mass is 282 g/mol. The highest BCUT2D eigenvalue weighted by Gasteiger charge is 2.43. The van der Waals surface area contributed by atoms with Gasteiger partial charge in [0.1, 0.15) is 6.10 Å². The van der Waals surface area contributed by atoms with Gasteiger partial charge in [0.15, 0.2) is 0 Å². The molecule has 3 nitrogen and oxygen atoms in total. The van der Waals surface area contributed by atoms with E-state index >= 15 is 0 Å². The fraction of sp³-hybridized carbons (Fsp3) is 0.600. The smallest absolute Gasteiger partial charge is 0.201 e. The van der Waals surface area contributed by atoms with Crippen LogP contribution in [0.25, 0.3) is 0 Å². The average molecular weight is 283 g/mol. The summed E-state index contributed by atoms with van der Waals surface area (Å²) in [5.41, 5.74) is 1.18. The Labute approximate surface area is 118 Å². The number of rotatable bonds is 2. The first-order chi connectivity index (χ1) is 9.19. The molecule has 1 aliphatic carbocycles. The fourth-order valence-corrected chi connectivity index (χ4v) is 2.91. The molecule has 3 rings (SSSR count). The van der Waals surface area contributed by atoms with Gasteiger partial charge in [-0.3, -0.25) is 0 Å². The molecule has 1 saturated heterocycles. The molecular weight excluding hydrogens is 264 g/mol. The second kappa shape index (κ2) is 5.41.